The molecule has 40 heavy (non-hydrogen) atoms. The van der Waals surface area contributed by atoms with E-state index in [0.29, 0.717) is 36.4 Å². The number of pyridine rings is 1. The van der Waals surface area contributed by atoms with E-state index in [1.54, 1.807) is 6.07 Å². The van der Waals surface area contributed by atoms with E-state index in [9.17, 15) is 39.2 Å². The van der Waals surface area contributed by atoms with Gasteiger partial charge in [-0.05, 0) is 61.6 Å². The molecule has 7 nitrogen and oxygen atoms in total. The van der Waals surface area contributed by atoms with Crippen LogP contribution < -0.4 is 8.92 Å². The monoisotopic (exact) mass is 599 g/mol. The summed E-state index contributed by atoms with van der Waals surface area (Å²) in [6, 6.07) is 4.70. The second-order valence-corrected chi connectivity index (χ2v) is 11.4. The Morgan fingerprint density at radius 2 is 1.80 bits per heavy atom. The summed E-state index contributed by atoms with van der Waals surface area (Å²) in [5, 5.41) is 0. The van der Waals surface area contributed by atoms with E-state index < -0.39 is 52.9 Å². The van der Waals surface area contributed by atoms with Gasteiger partial charge in [0, 0.05) is 25.7 Å². The van der Waals surface area contributed by atoms with Gasteiger partial charge in [0.1, 0.15) is 17.6 Å². The quantitative estimate of drug-likeness (QED) is 0.228. The zero-order valence-corrected chi connectivity index (χ0v) is 22.2. The number of likely N-dealkylation sites (tertiary alicyclic amines) is 1. The third-order valence-corrected chi connectivity index (χ3v) is 7.83. The van der Waals surface area contributed by atoms with Crippen molar-refractivity contribution in [3.05, 3.63) is 53.3 Å². The summed E-state index contributed by atoms with van der Waals surface area (Å²) < 4.78 is 124. The van der Waals surface area contributed by atoms with E-state index in [0.717, 1.165) is 25.1 Å². The second kappa shape index (κ2) is 11.7. The van der Waals surface area contributed by atoms with Crippen LogP contribution in [0.15, 0.2) is 36.5 Å². The highest BCUT2D eigenvalue weighted by molar-refractivity contribution is 7.88. The zero-order valence-electron chi connectivity index (χ0n) is 21.4. The highest BCUT2D eigenvalue weighted by Crippen LogP contribution is 2.41. The molecule has 2 aromatic rings. The highest BCUT2D eigenvalue weighted by atomic mass is 32.2. The summed E-state index contributed by atoms with van der Waals surface area (Å²) in [7, 11) is -5.92. The molecular formula is C25H28F7N3O4S. The van der Waals surface area contributed by atoms with Crippen LogP contribution >= 0.6 is 0 Å². The molecule has 3 unspecified atom stereocenters. The van der Waals surface area contributed by atoms with Crippen molar-refractivity contribution in [3.8, 4) is 11.5 Å². The van der Waals surface area contributed by atoms with Crippen molar-refractivity contribution in [2.45, 2.75) is 56.1 Å². The van der Waals surface area contributed by atoms with Gasteiger partial charge in [-0.15, -0.1) is 0 Å². The lowest BCUT2D eigenvalue weighted by atomic mass is 9.86. The molecule has 222 valence electrons. The fraction of sp³-hybridized carbons (Fsp3) is 0.560. The minimum atomic E-state index is -5.92. The van der Waals surface area contributed by atoms with Crippen molar-refractivity contribution in [2.75, 3.05) is 32.9 Å². The molecule has 2 aliphatic heterocycles. The Morgan fingerprint density at radius 1 is 1.07 bits per heavy atom. The van der Waals surface area contributed by atoms with Crippen LogP contribution in [0.1, 0.15) is 42.6 Å². The zero-order chi connectivity index (χ0) is 29.3. The summed E-state index contributed by atoms with van der Waals surface area (Å²) in [6.45, 7) is 1.86. The molecule has 4 rings (SSSR count). The van der Waals surface area contributed by atoms with E-state index in [4.69, 9.17) is 4.74 Å². The predicted octanol–water partition coefficient (Wildman–Crippen LogP) is 5.02. The van der Waals surface area contributed by atoms with Gasteiger partial charge in [0.2, 0.25) is 0 Å². The summed E-state index contributed by atoms with van der Waals surface area (Å²) >= 11 is 0. The maximum absolute atomic E-state index is 13.5. The standard InChI is InChI=1S/C25H28F7N3O4S/c1-16-11-17-12-18(39-40(36,37)25(30,31)32)3-5-21(17)23(35(16)15-24(27,28)29)22-6-4-19(13-33-22)38-20-7-10-34(14-20)9-2-8-26/h3-6,12-13,16,20,23H,2,7-11,14-15H2,1H3. The molecule has 1 aromatic carbocycles. The van der Waals surface area contributed by atoms with Crippen LogP contribution in [0.3, 0.4) is 0 Å². The Balaban J connectivity index is 1.59. The van der Waals surface area contributed by atoms with Crippen molar-refractivity contribution in [2.24, 2.45) is 0 Å². The number of fused-ring (bicyclic) bond motifs is 1. The summed E-state index contributed by atoms with van der Waals surface area (Å²) in [5.41, 5.74) is -4.72. The van der Waals surface area contributed by atoms with E-state index in [-0.39, 0.29) is 18.2 Å². The first-order valence-electron chi connectivity index (χ1n) is 12.5. The third kappa shape index (κ3) is 7.16. The Labute approximate surface area is 227 Å². The van der Waals surface area contributed by atoms with E-state index in [1.807, 2.05) is 0 Å². The van der Waals surface area contributed by atoms with Gasteiger partial charge in [-0.2, -0.15) is 34.8 Å². The van der Waals surface area contributed by atoms with Crippen LogP contribution in [-0.4, -0.2) is 79.9 Å². The van der Waals surface area contributed by atoms with Crippen molar-refractivity contribution in [3.63, 3.8) is 0 Å². The molecule has 0 saturated carbocycles. The van der Waals surface area contributed by atoms with Gasteiger partial charge >= 0.3 is 21.8 Å². The van der Waals surface area contributed by atoms with Crippen LogP contribution in [0.4, 0.5) is 30.7 Å². The highest BCUT2D eigenvalue weighted by Gasteiger charge is 2.49. The smallest absolute Gasteiger partial charge is 0.487 e. The molecule has 0 amide bonds. The van der Waals surface area contributed by atoms with Gasteiger partial charge in [-0.1, -0.05) is 6.07 Å². The number of benzene rings is 1. The fourth-order valence-corrected chi connectivity index (χ4v) is 5.55. The average Bonchev–Trinajstić information content (AvgIpc) is 3.29. The Kier molecular flexibility index (Phi) is 8.85. The number of hydrogen-bond acceptors (Lipinski definition) is 7. The number of aromatic nitrogens is 1. The first kappa shape index (κ1) is 30.3. The minimum Gasteiger partial charge on any atom is -0.487 e. The maximum atomic E-state index is 13.5. The molecule has 0 radical (unpaired) electrons. The van der Waals surface area contributed by atoms with E-state index >= 15 is 0 Å². The molecule has 0 aliphatic carbocycles. The Morgan fingerprint density at radius 3 is 2.42 bits per heavy atom. The molecule has 0 bridgehead atoms. The minimum absolute atomic E-state index is 0.00690. The van der Waals surface area contributed by atoms with Gasteiger partial charge in [-0.3, -0.25) is 19.2 Å². The lowest BCUT2D eigenvalue weighted by Crippen LogP contribution is -2.47. The van der Waals surface area contributed by atoms with Crippen LogP contribution in [0.25, 0.3) is 0 Å². The summed E-state index contributed by atoms with van der Waals surface area (Å²) in [4.78, 5) is 7.64. The molecule has 3 heterocycles. The lowest BCUT2D eigenvalue weighted by Gasteiger charge is -2.42. The topological polar surface area (TPSA) is 72.0 Å². The molecule has 1 saturated heterocycles. The first-order chi connectivity index (χ1) is 18.7. The van der Waals surface area contributed by atoms with Gasteiger partial charge in [0.05, 0.1) is 31.2 Å². The van der Waals surface area contributed by atoms with Crippen LogP contribution in [0, 0.1) is 0 Å². The third-order valence-electron chi connectivity index (χ3n) is 6.85. The van der Waals surface area contributed by atoms with E-state index in [1.165, 1.54) is 30.2 Å². The molecule has 3 atom stereocenters. The lowest BCUT2D eigenvalue weighted by molar-refractivity contribution is -0.155. The molecule has 0 N–H and O–H groups in total. The summed E-state index contributed by atoms with van der Waals surface area (Å²) in [6.07, 6.45) is -2.12. The molecule has 15 heteroatoms. The number of rotatable bonds is 9. The fourth-order valence-electron chi connectivity index (χ4n) is 5.10. The number of hydrogen-bond donors (Lipinski definition) is 0. The Hall–Kier alpha value is -2.65. The Bertz CT molecular complexity index is 1270. The van der Waals surface area contributed by atoms with Crippen molar-refractivity contribution in [1.82, 2.24) is 14.8 Å². The van der Waals surface area contributed by atoms with Gasteiger partial charge in [-0.25, -0.2) is 0 Å². The molecule has 2 aliphatic rings. The molecule has 1 fully saturated rings. The van der Waals surface area contributed by atoms with Crippen molar-refractivity contribution < 1.29 is 48.1 Å². The summed E-state index contributed by atoms with van der Waals surface area (Å²) in [5.74, 6) is -0.186. The number of halogens is 7. The van der Waals surface area contributed by atoms with E-state index in [2.05, 4.69) is 14.1 Å². The van der Waals surface area contributed by atoms with Gasteiger partial charge in [0.15, 0.2) is 0 Å². The number of alkyl halides is 7. The molecular weight excluding hydrogens is 571 g/mol. The number of nitrogens with zero attached hydrogens (tertiary/aromatic N) is 3. The molecule has 1 aromatic heterocycles. The normalized spacial score (nSPS) is 22.8. The maximum Gasteiger partial charge on any atom is 0.534 e. The second-order valence-electron chi connectivity index (χ2n) is 9.88. The average molecular weight is 600 g/mol. The van der Waals surface area contributed by atoms with Crippen LogP contribution in [0.5, 0.6) is 11.5 Å². The van der Waals surface area contributed by atoms with Crippen LogP contribution in [-0.2, 0) is 16.5 Å². The van der Waals surface area contributed by atoms with Crippen molar-refractivity contribution >= 4 is 10.1 Å². The predicted molar refractivity (Wildman–Crippen MR) is 130 cm³/mol. The number of ether oxygens (including phenoxy) is 1. The molecule has 0 spiro atoms. The van der Waals surface area contributed by atoms with Gasteiger partial charge < -0.3 is 8.92 Å². The largest absolute Gasteiger partial charge is 0.534 e. The SMILES string of the molecule is CC1Cc2cc(OS(=O)(=O)C(F)(F)F)ccc2C(c2ccc(OC3CCN(CCCF)C3)cn2)N1CC(F)(F)F. The first-order valence-corrected chi connectivity index (χ1v) is 13.9. The van der Waals surface area contributed by atoms with Gasteiger partial charge in [0.25, 0.3) is 0 Å². The van der Waals surface area contributed by atoms with Crippen LogP contribution in [0.2, 0.25) is 0 Å². The van der Waals surface area contributed by atoms with Crippen molar-refractivity contribution in [1.29, 1.82) is 0 Å².